The highest BCUT2D eigenvalue weighted by molar-refractivity contribution is 6.10. The molecule has 0 aliphatic rings. The Kier molecular flexibility index (Phi) is 6.69. The van der Waals surface area contributed by atoms with Crippen LogP contribution in [-0.2, 0) is 6.42 Å². The number of nitrogens with one attached hydrogen (secondary N) is 1. The van der Waals surface area contributed by atoms with Crippen LogP contribution in [0.3, 0.4) is 0 Å². The minimum absolute atomic E-state index is 0.0831. The summed E-state index contributed by atoms with van der Waals surface area (Å²) >= 11 is 0. The number of nitrogens with two attached hydrogens (primary N) is 1. The Balaban J connectivity index is 1.86. The normalized spacial score (nSPS) is 10.5. The summed E-state index contributed by atoms with van der Waals surface area (Å²) in [5.74, 6) is -2.98. The van der Waals surface area contributed by atoms with Crippen LogP contribution < -0.4 is 11.1 Å². The Hall–Kier alpha value is -4.78. The number of benzene rings is 4. The standard InChI is InChI=1S/C28H21FN2O4/c29-22-11-9-19(10-12-22)27(33)31-24-15-18(13-17-5-2-1-3-6-17)14-23(25(24)28(34)35)20-7-4-8-21(16-20)26(30)32/h1-12,14-16H,13H2,(H2,30,32)(H,31,33)(H,34,35). The lowest BCUT2D eigenvalue weighted by molar-refractivity contribution is 0.0698. The summed E-state index contributed by atoms with van der Waals surface area (Å²) in [6, 6.07) is 24.2. The summed E-state index contributed by atoms with van der Waals surface area (Å²) in [6.07, 6.45) is 0.475. The molecule has 0 aliphatic heterocycles. The highest BCUT2D eigenvalue weighted by atomic mass is 19.1. The summed E-state index contributed by atoms with van der Waals surface area (Å²) in [4.78, 5) is 37.0. The zero-order valence-corrected chi connectivity index (χ0v) is 18.5. The minimum atomic E-state index is -1.26. The van der Waals surface area contributed by atoms with Crippen molar-refractivity contribution in [1.29, 1.82) is 0 Å². The average molecular weight is 468 g/mol. The Morgan fingerprint density at radius 2 is 1.51 bits per heavy atom. The summed E-state index contributed by atoms with van der Waals surface area (Å²) in [5, 5.41) is 12.8. The number of carboxylic acid groups (broad SMARTS) is 1. The monoisotopic (exact) mass is 468 g/mol. The highest BCUT2D eigenvalue weighted by Crippen LogP contribution is 2.33. The van der Waals surface area contributed by atoms with Gasteiger partial charge in [-0.05, 0) is 77.2 Å². The van der Waals surface area contributed by atoms with Gasteiger partial charge in [0, 0.05) is 11.1 Å². The van der Waals surface area contributed by atoms with Gasteiger partial charge in [-0.25, -0.2) is 9.18 Å². The van der Waals surface area contributed by atoms with Gasteiger partial charge in [-0.3, -0.25) is 9.59 Å². The van der Waals surface area contributed by atoms with E-state index in [1.54, 1.807) is 24.3 Å². The molecule has 0 aliphatic carbocycles. The first-order chi connectivity index (χ1) is 16.8. The van der Waals surface area contributed by atoms with Crippen LogP contribution in [0.5, 0.6) is 0 Å². The van der Waals surface area contributed by atoms with Crippen LogP contribution in [0.15, 0.2) is 91.0 Å². The quantitative estimate of drug-likeness (QED) is 0.349. The molecule has 2 amide bonds. The Morgan fingerprint density at radius 1 is 0.800 bits per heavy atom. The van der Waals surface area contributed by atoms with Gasteiger partial charge in [0.2, 0.25) is 5.91 Å². The fourth-order valence-electron chi connectivity index (χ4n) is 3.83. The number of amides is 2. The van der Waals surface area contributed by atoms with Gasteiger partial charge in [-0.1, -0.05) is 42.5 Å². The molecule has 35 heavy (non-hydrogen) atoms. The molecule has 0 atom stereocenters. The molecule has 0 aromatic heterocycles. The van der Waals surface area contributed by atoms with E-state index in [1.807, 2.05) is 30.3 Å². The van der Waals surface area contributed by atoms with Crippen molar-refractivity contribution >= 4 is 23.5 Å². The summed E-state index contributed by atoms with van der Waals surface area (Å²) < 4.78 is 13.3. The molecule has 4 aromatic carbocycles. The number of aromatic carboxylic acids is 1. The van der Waals surface area contributed by atoms with E-state index < -0.39 is 23.6 Å². The van der Waals surface area contributed by atoms with Crippen LogP contribution in [-0.4, -0.2) is 22.9 Å². The topological polar surface area (TPSA) is 109 Å². The maximum atomic E-state index is 13.3. The molecule has 0 radical (unpaired) electrons. The van der Waals surface area contributed by atoms with Gasteiger partial charge < -0.3 is 16.2 Å². The number of carbonyl (C=O) groups is 3. The zero-order chi connectivity index (χ0) is 24.9. The fourth-order valence-corrected chi connectivity index (χ4v) is 3.83. The molecule has 4 N–H and O–H groups in total. The van der Waals surface area contributed by atoms with Crippen molar-refractivity contribution in [3.63, 3.8) is 0 Å². The fraction of sp³-hybridized carbons (Fsp3) is 0.0357. The first-order valence-electron chi connectivity index (χ1n) is 10.7. The van der Waals surface area contributed by atoms with E-state index in [0.29, 0.717) is 17.5 Å². The highest BCUT2D eigenvalue weighted by Gasteiger charge is 2.21. The van der Waals surface area contributed by atoms with Crippen LogP contribution in [0.1, 0.15) is 42.2 Å². The molecule has 0 fully saturated rings. The Labute approximate surface area is 200 Å². The van der Waals surface area contributed by atoms with Gasteiger partial charge >= 0.3 is 5.97 Å². The van der Waals surface area contributed by atoms with Gasteiger partial charge in [-0.15, -0.1) is 0 Å². The van der Waals surface area contributed by atoms with E-state index >= 15 is 0 Å². The van der Waals surface area contributed by atoms with Crippen molar-refractivity contribution in [3.8, 4) is 11.1 Å². The van der Waals surface area contributed by atoms with E-state index in [2.05, 4.69) is 5.32 Å². The van der Waals surface area contributed by atoms with Crippen molar-refractivity contribution in [2.45, 2.75) is 6.42 Å². The maximum absolute atomic E-state index is 13.3. The van der Waals surface area contributed by atoms with Crippen LogP contribution >= 0.6 is 0 Å². The number of primary amides is 1. The summed E-state index contributed by atoms with van der Waals surface area (Å²) in [5.41, 5.74) is 8.29. The molecule has 7 heteroatoms. The second kappa shape index (κ2) is 10.0. The van der Waals surface area contributed by atoms with Gasteiger partial charge in [0.1, 0.15) is 5.82 Å². The van der Waals surface area contributed by atoms with Crippen molar-refractivity contribution in [3.05, 3.63) is 125 Å². The molecular weight excluding hydrogens is 447 g/mol. The van der Waals surface area contributed by atoms with Crippen LogP contribution in [0.4, 0.5) is 10.1 Å². The van der Waals surface area contributed by atoms with E-state index in [4.69, 9.17) is 5.73 Å². The number of hydrogen-bond donors (Lipinski definition) is 3. The van der Waals surface area contributed by atoms with Gasteiger partial charge in [0.25, 0.3) is 5.91 Å². The van der Waals surface area contributed by atoms with Crippen LogP contribution in [0.2, 0.25) is 0 Å². The first-order valence-corrected chi connectivity index (χ1v) is 10.7. The predicted molar refractivity (Wildman–Crippen MR) is 131 cm³/mol. The second-order valence-corrected chi connectivity index (χ2v) is 7.94. The first kappa shape index (κ1) is 23.4. The van der Waals surface area contributed by atoms with E-state index in [-0.39, 0.29) is 22.4 Å². The molecule has 0 saturated heterocycles. The lowest BCUT2D eigenvalue weighted by Gasteiger charge is -2.16. The summed E-state index contributed by atoms with van der Waals surface area (Å²) in [6.45, 7) is 0. The Morgan fingerprint density at radius 3 is 2.17 bits per heavy atom. The van der Waals surface area contributed by atoms with Crippen molar-refractivity contribution in [2.75, 3.05) is 5.32 Å². The maximum Gasteiger partial charge on any atom is 0.338 e. The number of rotatable bonds is 7. The molecule has 174 valence electrons. The van der Waals surface area contributed by atoms with E-state index in [1.165, 1.54) is 24.3 Å². The molecule has 0 bridgehead atoms. The molecule has 0 spiro atoms. The third kappa shape index (κ3) is 5.42. The van der Waals surface area contributed by atoms with Gasteiger partial charge in [0.15, 0.2) is 0 Å². The van der Waals surface area contributed by atoms with Crippen molar-refractivity contribution < 1.29 is 23.9 Å². The van der Waals surface area contributed by atoms with Gasteiger partial charge in [0.05, 0.1) is 11.3 Å². The van der Waals surface area contributed by atoms with Gasteiger partial charge in [-0.2, -0.15) is 0 Å². The van der Waals surface area contributed by atoms with Crippen LogP contribution in [0.25, 0.3) is 11.1 Å². The summed E-state index contributed by atoms with van der Waals surface area (Å²) in [7, 11) is 0. The number of carboxylic acids is 1. The van der Waals surface area contributed by atoms with E-state index in [0.717, 1.165) is 23.3 Å². The molecular formula is C28H21FN2O4. The number of halogens is 1. The largest absolute Gasteiger partial charge is 0.478 e. The third-order valence-electron chi connectivity index (χ3n) is 5.48. The molecule has 4 rings (SSSR count). The smallest absolute Gasteiger partial charge is 0.338 e. The molecule has 6 nitrogen and oxygen atoms in total. The third-order valence-corrected chi connectivity index (χ3v) is 5.48. The molecule has 0 heterocycles. The predicted octanol–water partition coefficient (Wildman–Crippen LogP) is 5.13. The zero-order valence-electron chi connectivity index (χ0n) is 18.5. The minimum Gasteiger partial charge on any atom is -0.478 e. The lowest BCUT2D eigenvalue weighted by atomic mass is 9.92. The SMILES string of the molecule is NC(=O)c1cccc(-c2cc(Cc3ccccc3)cc(NC(=O)c3ccc(F)cc3)c2C(=O)O)c1. The lowest BCUT2D eigenvalue weighted by Crippen LogP contribution is -2.16. The van der Waals surface area contributed by atoms with Crippen molar-refractivity contribution in [2.24, 2.45) is 5.73 Å². The number of anilines is 1. The Bertz CT molecular complexity index is 1420. The molecule has 0 unspecified atom stereocenters. The number of hydrogen-bond acceptors (Lipinski definition) is 3. The van der Waals surface area contributed by atoms with Crippen LogP contribution in [0, 0.1) is 5.82 Å². The second-order valence-electron chi connectivity index (χ2n) is 7.94. The van der Waals surface area contributed by atoms with E-state index in [9.17, 15) is 23.9 Å². The molecule has 4 aromatic rings. The average Bonchev–Trinajstić information content (AvgIpc) is 2.84. The van der Waals surface area contributed by atoms with Crippen molar-refractivity contribution in [1.82, 2.24) is 0 Å². The number of carbonyl (C=O) groups excluding carboxylic acids is 2. The molecule has 0 saturated carbocycles.